The summed E-state index contributed by atoms with van der Waals surface area (Å²) in [5.41, 5.74) is 0. The third-order valence-corrected chi connectivity index (χ3v) is 2.59. The molecular formula is C13H24N6O2. The van der Waals surface area contributed by atoms with E-state index in [-0.39, 0.29) is 18.5 Å². The van der Waals surface area contributed by atoms with E-state index in [1.807, 2.05) is 13.8 Å². The molecule has 0 fully saturated rings. The van der Waals surface area contributed by atoms with Crippen LogP contribution in [0.4, 0.5) is 11.9 Å². The predicted molar refractivity (Wildman–Crippen MR) is 81.7 cm³/mol. The van der Waals surface area contributed by atoms with Crippen molar-refractivity contribution >= 4 is 17.8 Å². The van der Waals surface area contributed by atoms with Crippen LogP contribution in [0.1, 0.15) is 20.3 Å². The lowest BCUT2D eigenvalue weighted by Crippen LogP contribution is -2.35. The second-order valence-corrected chi connectivity index (χ2v) is 4.76. The Hall–Kier alpha value is -2.12. The summed E-state index contributed by atoms with van der Waals surface area (Å²) in [5, 5.41) is 3.03. The lowest BCUT2D eigenvalue weighted by Gasteiger charge is -2.19. The van der Waals surface area contributed by atoms with E-state index in [9.17, 15) is 4.79 Å². The molecule has 1 N–H and O–H groups in total. The van der Waals surface area contributed by atoms with E-state index in [4.69, 9.17) is 4.74 Å². The van der Waals surface area contributed by atoms with E-state index in [2.05, 4.69) is 20.3 Å². The number of rotatable bonds is 8. The van der Waals surface area contributed by atoms with Crippen LogP contribution in [-0.4, -0.2) is 66.6 Å². The summed E-state index contributed by atoms with van der Waals surface area (Å²) in [6, 6.07) is 0.266. The molecule has 1 aromatic heterocycles. The van der Waals surface area contributed by atoms with Crippen molar-refractivity contribution < 1.29 is 9.53 Å². The second-order valence-electron chi connectivity index (χ2n) is 4.76. The molecule has 0 radical (unpaired) electrons. The van der Waals surface area contributed by atoms with Gasteiger partial charge in [-0.05, 0) is 13.3 Å². The van der Waals surface area contributed by atoms with Gasteiger partial charge in [-0.25, -0.2) is 0 Å². The summed E-state index contributed by atoms with van der Waals surface area (Å²) >= 11 is 0. The van der Waals surface area contributed by atoms with Crippen LogP contribution < -0.4 is 15.0 Å². The van der Waals surface area contributed by atoms with Gasteiger partial charge in [0.05, 0.1) is 13.2 Å². The van der Waals surface area contributed by atoms with Crippen molar-refractivity contribution in [2.75, 3.05) is 51.1 Å². The van der Waals surface area contributed by atoms with Crippen molar-refractivity contribution in [3.05, 3.63) is 0 Å². The maximum atomic E-state index is 11.8. The van der Waals surface area contributed by atoms with Gasteiger partial charge >= 0.3 is 6.01 Å². The van der Waals surface area contributed by atoms with Gasteiger partial charge in [-0.2, -0.15) is 15.0 Å². The summed E-state index contributed by atoms with van der Waals surface area (Å²) < 4.78 is 5.46. The van der Waals surface area contributed by atoms with Crippen molar-refractivity contribution in [2.24, 2.45) is 0 Å². The largest absolute Gasteiger partial charge is 0.463 e. The Morgan fingerprint density at radius 3 is 2.48 bits per heavy atom. The number of carbonyl (C=O) groups is 1. The van der Waals surface area contributed by atoms with Crippen molar-refractivity contribution in [3.8, 4) is 6.01 Å². The van der Waals surface area contributed by atoms with E-state index in [0.717, 1.165) is 6.42 Å². The molecule has 0 aliphatic heterocycles. The zero-order chi connectivity index (χ0) is 15.8. The Morgan fingerprint density at radius 1 is 1.19 bits per heavy atom. The molecule has 1 aromatic rings. The highest BCUT2D eigenvalue weighted by atomic mass is 16.5. The fourth-order valence-corrected chi connectivity index (χ4v) is 1.43. The molecule has 0 unspecified atom stereocenters. The summed E-state index contributed by atoms with van der Waals surface area (Å²) in [6.07, 6.45) is 0.868. The Morgan fingerprint density at radius 2 is 1.90 bits per heavy atom. The average Bonchev–Trinajstić information content (AvgIpc) is 2.45. The number of likely N-dealkylation sites (N-methyl/N-ethyl adjacent to an activating group) is 2. The van der Waals surface area contributed by atoms with E-state index in [1.54, 1.807) is 26.0 Å². The van der Waals surface area contributed by atoms with Crippen LogP contribution in [-0.2, 0) is 4.79 Å². The molecule has 21 heavy (non-hydrogen) atoms. The minimum Gasteiger partial charge on any atom is -0.463 e. The minimum atomic E-state index is -0.0288. The molecule has 1 amide bonds. The molecule has 8 nitrogen and oxygen atoms in total. The van der Waals surface area contributed by atoms with Gasteiger partial charge in [0, 0.05) is 27.7 Å². The van der Waals surface area contributed by atoms with Crippen LogP contribution in [0.5, 0.6) is 6.01 Å². The first-order valence-electron chi connectivity index (χ1n) is 7.01. The maximum Gasteiger partial charge on any atom is 0.323 e. The molecule has 118 valence electrons. The number of nitrogens with one attached hydrogen (secondary N) is 1. The van der Waals surface area contributed by atoms with Gasteiger partial charge in [0.2, 0.25) is 17.8 Å². The van der Waals surface area contributed by atoms with Gasteiger partial charge in [0.1, 0.15) is 0 Å². The van der Waals surface area contributed by atoms with E-state index in [1.165, 1.54) is 4.90 Å². The highest BCUT2D eigenvalue weighted by molar-refractivity contribution is 5.80. The summed E-state index contributed by atoms with van der Waals surface area (Å²) in [5.74, 6) is 0.818. The van der Waals surface area contributed by atoms with Crippen LogP contribution in [0.25, 0.3) is 0 Å². The zero-order valence-corrected chi connectivity index (χ0v) is 13.4. The first-order chi connectivity index (χ1) is 9.97. The van der Waals surface area contributed by atoms with Gasteiger partial charge in [-0.15, -0.1) is 0 Å². The molecule has 1 rings (SSSR count). The highest BCUT2D eigenvalue weighted by Gasteiger charge is 2.14. The molecule has 0 spiro atoms. The summed E-state index contributed by atoms with van der Waals surface area (Å²) in [7, 11) is 5.18. The normalized spacial score (nSPS) is 10.1. The Balaban J connectivity index is 2.92. The number of nitrogens with zero attached hydrogens (tertiary/aromatic N) is 5. The molecule has 0 saturated carbocycles. The van der Waals surface area contributed by atoms with E-state index < -0.39 is 0 Å². The fourth-order valence-electron chi connectivity index (χ4n) is 1.43. The SMILES string of the molecule is CCCOc1nc(NCC)nc(N(C)CC(=O)N(C)C)n1. The molecule has 0 bridgehead atoms. The Bertz CT molecular complexity index is 466. The van der Waals surface area contributed by atoms with Crippen LogP contribution in [0.3, 0.4) is 0 Å². The van der Waals surface area contributed by atoms with Crippen LogP contribution in [0.2, 0.25) is 0 Å². The Labute approximate surface area is 125 Å². The van der Waals surface area contributed by atoms with Gasteiger partial charge in [0.25, 0.3) is 0 Å². The molecule has 1 heterocycles. The number of hydrogen-bond acceptors (Lipinski definition) is 7. The third-order valence-electron chi connectivity index (χ3n) is 2.59. The predicted octanol–water partition coefficient (Wildman–Crippen LogP) is 0.617. The molecule has 0 aliphatic carbocycles. The lowest BCUT2D eigenvalue weighted by molar-refractivity contribution is -0.127. The van der Waals surface area contributed by atoms with Gasteiger partial charge < -0.3 is 19.9 Å². The second kappa shape index (κ2) is 8.23. The van der Waals surface area contributed by atoms with Crippen molar-refractivity contribution in [3.63, 3.8) is 0 Å². The van der Waals surface area contributed by atoms with Crippen molar-refractivity contribution in [2.45, 2.75) is 20.3 Å². The quantitative estimate of drug-likeness (QED) is 0.752. The number of hydrogen-bond donors (Lipinski definition) is 1. The first-order valence-corrected chi connectivity index (χ1v) is 7.01. The maximum absolute atomic E-state index is 11.8. The summed E-state index contributed by atoms with van der Waals surface area (Å²) in [6.45, 7) is 5.38. The van der Waals surface area contributed by atoms with Crippen molar-refractivity contribution in [1.29, 1.82) is 0 Å². The molecule has 8 heteroatoms. The minimum absolute atomic E-state index is 0.0288. The number of aromatic nitrogens is 3. The number of carbonyl (C=O) groups excluding carboxylic acids is 1. The molecule has 0 aliphatic rings. The first kappa shape index (κ1) is 16.9. The van der Waals surface area contributed by atoms with E-state index >= 15 is 0 Å². The number of ether oxygens (including phenoxy) is 1. The number of anilines is 2. The zero-order valence-electron chi connectivity index (χ0n) is 13.4. The third kappa shape index (κ3) is 5.41. The topological polar surface area (TPSA) is 83.5 Å². The van der Waals surface area contributed by atoms with Gasteiger partial charge in [-0.1, -0.05) is 6.92 Å². The molecule has 0 saturated heterocycles. The monoisotopic (exact) mass is 296 g/mol. The van der Waals surface area contributed by atoms with Crippen LogP contribution in [0.15, 0.2) is 0 Å². The van der Waals surface area contributed by atoms with Gasteiger partial charge in [-0.3, -0.25) is 4.79 Å². The fraction of sp³-hybridized carbons (Fsp3) is 0.692. The molecule has 0 aromatic carbocycles. The summed E-state index contributed by atoms with van der Waals surface area (Å²) in [4.78, 5) is 27.7. The average molecular weight is 296 g/mol. The standard InChI is InChI=1S/C13H24N6O2/c1-6-8-21-13-16-11(14-7-2)15-12(17-13)19(5)9-10(20)18(3)4/h6-9H2,1-5H3,(H,14,15,16,17). The number of amides is 1. The van der Waals surface area contributed by atoms with Crippen molar-refractivity contribution in [1.82, 2.24) is 19.9 Å². The van der Waals surface area contributed by atoms with Crippen LogP contribution in [0, 0.1) is 0 Å². The lowest BCUT2D eigenvalue weighted by atomic mass is 10.5. The molecule has 0 atom stereocenters. The van der Waals surface area contributed by atoms with Crippen LogP contribution >= 0.6 is 0 Å². The Kier molecular flexibility index (Phi) is 6.64. The van der Waals surface area contributed by atoms with Gasteiger partial charge in [0.15, 0.2) is 0 Å². The smallest absolute Gasteiger partial charge is 0.323 e. The molecular weight excluding hydrogens is 272 g/mol. The highest BCUT2D eigenvalue weighted by Crippen LogP contribution is 2.14. The van der Waals surface area contributed by atoms with E-state index in [0.29, 0.717) is 25.0 Å².